The number of hydrogen-bond acceptors (Lipinski definition) is 2. The number of rotatable bonds is 1. The Hall–Kier alpha value is -2.10. The summed E-state index contributed by atoms with van der Waals surface area (Å²) in [6.45, 7) is 2.16. The number of aromatic amines is 1. The molecule has 3 aromatic rings. The van der Waals surface area contributed by atoms with Gasteiger partial charge < -0.3 is 9.88 Å². The summed E-state index contributed by atoms with van der Waals surface area (Å²) >= 11 is 6.03. The summed E-state index contributed by atoms with van der Waals surface area (Å²) in [7, 11) is 2.16. The number of likely N-dealkylation sites (N-methyl/N-ethyl adjacent to an activating group) is 1. The van der Waals surface area contributed by atoms with Crippen LogP contribution in [0.15, 0.2) is 48.8 Å². The van der Waals surface area contributed by atoms with Crippen molar-refractivity contribution in [1.82, 2.24) is 14.9 Å². The molecule has 27 heavy (non-hydrogen) atoms. The summed E-state index contributed by atoms with van der Waals surface area (Å²) < 4.78 is 0. The van der Waals surface area contributed by atoms with Gasteiger partial charge in [-0.2, -0.15) is 0 Å². The van der Waals surface area contributed by atoms with Crippen LogP contribution in [0.2, 0.25) is 5.02 Å². The molecule has 0 atom stereocenters. The maximum atomic E-state index is 6.03. The number of H-pyrrole nitrogens is 1. The number of allylic oxidation sites excluding steroid dienone is 2. The number of halogens is 1. The van der Waals surface area contributed by atoms with Crippen LogP contribution in [0.1, 0.15) is 42.5 Å². The fourth-order valence-corrected chi connectivity index (χ4v) is 4.15. The summed E-state index contributed by atoms with van der Waals surface area (Å²) in [5, 5.41) is 2.10. The van der Waals surface area contributed by atoms with Crippen LogP contribution < -0.4 is 0 Å². The highest BCUT2D eigenvalue weighted by atomic mass is 35.5. The molecule has 0 fully saturated rings. The Kier molecular flexibility index (Phi) is 5.61. The number of nitrogens with zero attached hydrogens (tertiary/aromatic N) is 2. The second kappa shape index (κ2) is 8.28. The number of aromatic nitrogens is 2. The van der Waals surface area contributed by atoms with Crippen LogP contribution in [0.5, 0.6) is 0 Å². The minimum atomic E-state index is 0.817. The van der Waals surface area contributed by atoms with Crippen LogP contribution in [0.25, 0.3) is 16.5 Å². The first-order valence-electron chi connectivity index (χ1n) is 9.77. The maximum Gasteiger partial charge on any atom is 0.0460 e. The third kappa shape index (κ3) is 4.26. The average Bonchev–Trinajstić information content (AvgIpc) is 3.07. The molecule has 0 saturated heterocycles. The molecule has 3 heterocycles. The Balaban J connectivity index is 0.000000137. The number of nitrogens with one attached hydrogen (secondary N) is 1. The molecule has 2 aromatic heterocycles. The lowest BCUT2D eigenvalue weighted by Crippen LogP contribution is -2.25. The average molecular weight is 380 g/mol. The van der Waals surface area contributed by atoms with Crippen molar-refractivity contribution < 1.29 is 0 Å². The Morgan fingerprint density at radius 3 is 2.85 bits per heavy atom. The van der Waals surface area contributed by atoms with Crippen molar-refractivity contribution in [3.05, 3.63) is 70.6 Å². The summed E-state index contributed by atoms with van der Waals surface area (Å²) in [6.07, 6.45) is 12.4. The van der Waals surface area contributed by atoms with E-state index in [-0.39, 0.29) is 0 Å². The third-order valence-corrected chi connectivity index (χ3v) is 5.69. The van der Waals surface area contributed by atoms with Gasteiger partial charge in [0, 0.05) is 53.5 Å². The van der Waals surface area contributed by atoms with Gasteiger partial charge in [0.15, 0.2) is 0 Å². The minimum Gasteiger partial charge on any atom is -0.358 e. The summed E-state index contributed by atoms with van der Waals surface area (Å²) in [5.74, 6) is 0. The van der Waals surface area contributed by atoms with E-state index in [1.54, 1.807) is 0 Å². The van der Waals surface area contributed by atoms with E-state index in [1.807, 2.05) is 24.5 Å². The van der Waals surface area contributed by atoms with Crippen LogP contribution in [-0.2, 0) is 13.0 Å². The standard InChI is InChI=1S/C12H13ClN2.C11H13N/c1-15-5-4-12-10(7-15)9-6-8(13)2-3-11(9)14-12;1-2-5-10(6-3-1)11-7-4-8-12-9-11/h2-3,6,14H,4-5,7H2,1H3;4-5,7-9H,1-3,6H2. The molecule has 0 bridgehead atoms. The van der Waals surface area contributed by atoms with E-state index in [1.165, 1.54) is 59.0 Å². The minimum absolute atomic E-state index is 0.817. The van der Waals surface area contributed by atoms with Gasteiger partial charge in [-0.3, -0.25) is 4.98 Å². The van der Waals surface area contributed by atoms with Crippen molar-refractivity contribution in [2.45, 2.75) is 38.6 Å². The molecule has 0 radical (unpaired) electrons. The zero-order chi connectivity index (χ0) is 18.6. The van der Waals surface area contributed by atoms with Crippen molar-refractivity contribution in [3.63, 3.8) is 0 Å². The van der Waals surface area contributed by atoms with Gasteiger partial charge in [-0.1, -0.05) is 23.7 Å². The van der Waals surface area contributed by atoms with Gasteiger partial charge in [0.25, 0.3) is 0 Å². The molecule has 0 saturated carbocycles. The summed E-state index contributed by atoms with van der Waals surface area (Å²) in [6, 6.07) is 10.2. The normalized spacial score (nSPS) is 17.0. The first kappa shape index (κ1) is 18.3. The predicted molar refractivity (Wildman–Crippen MR) is 114 cm³/mol. The molecule has 140 valence electrons. The zero-order valence-corrected chi connectivity index (χ0v) is 16.6. The van der Waals surface area contributed by atoms with Gasteiger partial charge in [-0.15, -0.1) is 0 Å². The monoisotopic (exact) mass is 379 g/mol. The molecule has 3 nitrogen and oxygen atoms in total. The molecule has 1 aliphatic heterocycles. The van der Waals surface area contributed by atoms with E-state index < -0.39 is 0 Å². The lowest BCUT2D eigenvalue weighted by Gasteiger charge is -2.22. The Labute approximate surface area is 166 Å². The quantitative estimate of drug-likeness (QED) is 0.575. The smallest absolute Gasteiger partial charge is 0.0460 e. The number of hydrogen-bond donors (Lipinski definition) is 1. The molecule has 0 unspecified atom stereocenters. The number of pyridine rings is 1. The van der Waals surface area contributed by atoms with E-state index in [0.717, 1.165) is 24.5 Å². The topological polar surface area (TPSA) is 31.9 Å². The molecule has 0 amide bonds. The number of fused-ring (bicyclic) bond motifs is 3. The fourth-order valence-electron chi connectivity index (χ4n) is 3.97. The Bertz CT molecular complexity index is 943. The number of benzene rings is 1. The largest absolute Gasteiger partial charge is 0.358 e. The molecule has 1 aliphatic carbocycles. The zero-order valence-electron chi connectivity index (χ0n) is 15.8. The van der Waals surface area contributed by atoms with Crippen LogP contribution >= 0.6 is 11.6 Å². The second-order valence-electron chi connectivity index (χ2n) is 7.48. The van der Waals surface area contributed by atoms with Crippen LogP contribution in [-0.4, -0.2) is 28.5 Å². The van der Waals surface area contributed by atoms with Crippen molar-refractivity contribution >= 4 is 28.1 Å². The van der Waals surface area contributed by atoms with Gasteiger partial charge in [-0.25, -0.2) is 0 Å². The van der Waals surface area contributed by atoms with Crippen LogP contribution in [0.3, 0.4) is 0 Å². The highest BCUT2D eigenvalue weighted by Gasteiger charge is 2.18. The molecule has 0 spiro atoms. The van der Waals surface area contributed by atoms with Gasteiger partial charge in [0.05, 0.1) is 0 Å². The van der Waals surface area contributed by atoms with E-state index in [4.69, 9.17) is 11.6 Å². The van der Waals surface area contributed by atoms with Gasteiger partial charge in [0.2, 0.25) is 0 Å². The van der Waals surface area contributed by atoms with E-state index in [2.05, 4.69) is 46.2 Å². The predicted octanol–water partition coefficient (Wildman–Crippen LogP) is 5.85. The first-order valence-corrected chi connectivity index (χ1v) is 10.2. The Morgan fingerprint density at radius 2 is 2.07 bits per heavy atom. The van der Waals surface area contributed by atoms with Crippen molar-refractivity contribution in [3.8, 4) is 0 Å². The molecule has 1 N–H and O–H groups in total. The Morgan fingerprint density at radius 1 is 1.15 bits per heavy atom. The van der Waals surface area contributed by atoms with Crippen LogP contribution in [0.4, 0.5) is 0 Å². The third-order valence-electron chi connectivity index (χ3n) is 5.45. The maximum absolute atomic E-state index is 6.03. The molecular formula is C23H26ClN3. The lowest BCUT2D eigenvalue weighted by molar-refractivity contribution is 0.313. The summed E-state index contributed by atoms with van der Waals surface area (Å²) in [5.41, 5.74) is 6.79. The first-order chi connectivity index (χ1) is 13.2. The van der Waals surface area contributed by atoms with Crippen molar-refractivity contribution in [2.75, 3.05) is 13.6 Å². The van der Waals surface area contributed by atoms with E-state index >= 15 is 0 Å². The van der Waals surface area contributed by atoms with E-state index in [0.29, 0.717) is 0 Å². The molecule has 2 aliphatic rings. The van der Waals surface area contributed by atoms with Gasteiger partial charge in [0.1, 0.15) is 0 Å². The SMILES string of the molecule is C1=C(c2cccnc2)CCCC1.CN1CCc2[nH]c3ccc(Cl)cc3c2C1. The molecule has 4 heteroatoms. The highest BCUT2D eigenvalue weighted by Crippen LogP contribution is 2.29. The second-order valence-corrected chi connectivity index (χ2v) is 7.91. The van der Waals surface area contributed by atoms with Gasteiger partial charge >= 0.3 is 0 Å². The molecular weight excluding hydrogens is 354 g/mol. The molecule has 1 aromatic carbocycles. The highest BCUT2D eigenvalue weighted by molar-refractivity contribution is 6.31. The fraction of sp³-hybridized carbons (Fsp3) is 0.348. The molecule has 5 rings (SSSR count). The summed E-state index contributed by atoms with van der Waals surface area (Å²) in [4.78, 5) is 9.94. The van der Waals surface area contributed by atoms with Crippen LogP contribution in [0, 0.1) is 0 Å². The van der Waals surface area contributed by atoms with Gasteiger partial charge in [-0.05, 0) is 73.7 Å². The van der Waals surface area contributed by atoms with Crippen molar-refractivity contribution in [1.29, 1.82) is 0 Å². The van der Waals surface area contributed by atoms with E-state index in [9.17, 15) is 0 Å². The lowest BCUT2D eigenvalue weighted by atomic mass is 9.95. The van der Waals surface area contributed by atoms with Crippen molar-refractivity contribution in [2.24, 2.45) is 0 Å².